The molecule has 1 atom stereocenters. The molecule has 0 aliphatic carbocycles. The van der Waals surface area contributed by atoms with Gasteiger partial charge in [-0.05, 0) is 55.5 Å². The maximum atomic E-state index is 13.2. The van der Waals surface area contributed by atoms with Gasteiger partial charge < -0.3 is 10.1 Å². The molecule has 0 bridgehead atoms. The summed E-state index contributed by atoms with van der Waals surface area (Å²) in [7, 11) is 1.59. The van der Waals surface area contributed by atoms with Crippen LogP contribution < -0.4 is 10.1 Å². The van der Waals surface area contributed by atoms with Gasteiger partial charge in [0.05, 0.1) is 12.4 Å². The number of halogens is 1. The monoisotopic (exact) mass is 412 g/mol. The summed E-state index contributed by atoms with van der Waals surface area (Å²) in [5.74, 6) is 0.838. The maximum absolute atomic E-state index is 13.2. The number of ether oxygens (including phenoxy) is 1. The van der Waals surface area contributed by atoms with Gasteiger partial charge in [-0.1, -0.05) is 17.8 Å². The summed E-state index contributed by atoms with van der Waals surface area (Å²) < 4.78 is 20.2. The van der Waals surface area contributed by atoms with Crippen LogP contribution in [0.3, 0.4) is 0 Å². The van der Waals surface area contributed by atoms with Crippen LogP contribution in [0, 0.1) is 5.82 Å². The third kappa shape index (κ3) is 5.03. The highest BCUT2D eigenvalue weighted by Gasteiger charge is 2.20. The lowest BCUT2D eigenvalue weighted by atomic mass is 10.2. The topological polar surface area (TPSA) is 69.0 Å². The Morgan fingerprint density at radius 3 is 2.55 bits per heavy atom. The number of nitrogens with one attached hydrogen (secondary N) is 1. The lowest BCUT2D eigenvalue weighted by Gasteiger charge is -2.13. The molecule has 1 N–H and O–H groups in total. The molecule has 3 aromatic rings. The Balaban J connectivity index is 1.75. The first kappa shape index (κ1) is 20.6. The highest BCUT2D eigenvalue weighted by molar-refractivity contribution is 8.00. The van der Waals surface area contributed by atoms with Crippen molar-refractivity contribution in [2.45, 2.75) is 23.9 Å². The number of methoxy groups -OCH3 is 1. The fraction of sp³-hybridized carbons (Fsp3) is 0.190. The summed E-state index contributed by atoms with van der Waals surface area (Å²) in [6, 6.07) is 13.2. The van der Waals surface area contributed by atoms with Gasteiger partial charge >= 0.3 is 0 Å². The quantitative estimate of drug-likeness (QED) is 0.439. The number of hydrogen-bond acceptors (Lipinski definition) is 5. The number of allylic oxidation sites excluding steroid dienone is 1. The number of nitrogens with zero attached hydrogens (tertiary/aromatic N) is 3. The summed E-state index contributed by atoms with van der Waals surface area (Å²) in [5, 5.41) is 11.5. The number of carbonyl (C=O) groups excluding carboxylic acids is 1. The molecule has 0 spiro atoms. The van der Waals surface area contributed by atoms with Crippen molar-refractivity contribution in [2.24, 2.45) is 0 Å². The van der Waals surface area contributed by atoms with Crippen LogP contribution in [0.15, 0.2) is 66.3 Å². The van der Waals surface area contributed by atoms with Crippen molar-refractivity contribution in [3.05, 3.63) is 67.0 Å². The zero-order valence-corrected chi connectivity index (χ0v) is 16.9. The van der Waals surface area contributed by atoms with Gasteiger partial charge in [0.2, 0.25) is 5.91 Å². The average molecular weight is 412 g/mol. The molecule has 0 unspecified atom stereocenters. The first-order chi connectivity index (χ1) is 14.0. The predicted octanol–water partition coefficient (Wildman–Crippen LogP) is 4.40. The van der Waals surface area contributed by atoms with Crippen LogP contribution in [0.25, 0.3) is 11.4 Å². The van der Waals surface area contributed by atoms with Crippen molar-refractivity contribution >= 4 is 23.4 Å². The van der Waals surface area contributed by atoms with Crippen LogP contribution in [0.4, 0.5) is 10.1 Å². The van der Waals surface area contributed by atoms with Crippen LogP contribution in [0.5, 0.6) is 5.75 Å². The van der Waals surface area contributed by atoms with E-state index in [4.69, 9.17) is 4.74 Å². The molecular formula is C21H21FN4O2S. The van der Waals surface area contributed by atoms with E-state index < -0.39 is 5.25 Å². The first-order valence-electron chi connectivity index (χ1n) is 8.93. The number of carbonyl (C=O) groups is 1. The maximum Gasteiger partial charge on any atom is 0.237 e. The lowest BCUT2D eigenvalue weighted by molar-refractivity contribution is -0.115. The Morgan fingerprint density at radius 2 is 1.93 bits per heavy atom. The van der Waals surface area contributed by atoms with Crippen molar-refractivity contribution in [3.8, 4) is 17.1 Å². The lowest BCUT2D eigenvalue weighted by Crippen LogP contribution is -2.23. The molecule has 0 radical (unpaired) electrons. The van der Waals surface area contributed by atoms with Gasteiger partial charge in [-0.2, -0.15) is 0 Å². The summed E-state index contributed by atoms with van der Waals surface area (Å²) in [4.78, 5) is 12.6. The second-order valence-corrected chi connectivity index (χ2v) is 7.50. The Morgan fingerprint density at radius 1 is 1.24 bits per heavy atom. The van der Waals surface area contributed by atoms with E-state index in [1.54, 1.807) is 56.5 Å². The molecule has 0 aliphatic rings. The smallest absolute Gasteiger partial charge is 0.237 e. The standard InChI is InChI=1S/C21H21FN4O2S/c1-4-13-26-19(15-5-7-16(22)8-6-15)24-25-21(26)29-14(2)20(27)23-17-9-11-18(28-3)12-10-17/h4-12,14H,1,13H2,2-3H3,(H,23,27)/t14-/m0/s1. The zero-order chi connectivity index (χ0) is 20.8. The van der Waals surface area contributed by atoms with Gasteiger partial charge in [-0.25, -0.2) is 4.39 Å². The van der Waals surface area contributed by atoms with E-state index in [1.165, 1.54) is 23.9 Å². The summed E-state index contributed by atoms with van der Waals surface area (Å²) >= 11 is 1.29. The summed E-state index contributed by atoms with van der Waals surface area (Å²) in [6.07, 6.45) is 1.72. The normalized spacial score (nSPS) is 11.7. The molecule has 6 nitrogen and oxygen atoms in total. The molecule has 8 heteroatoms. The van der Waals surface area contributed by atoms with Crippen molar-refractivity contribution in [1.29, 1.82) is 0 Å². The SMILES string of the molecule is C=CCn1c(S[C@@H](C)C(=O)Nc2ccc(OC)cc2)nnc1-c1ccc(F)cc1. The molecule has 1 heterocycles. The van der Waals surface area contributed by atoms with Gasteiger partial charge in [0.25, 0.3) is 0 Å². The second kappa shape index (κ2) is 9.38. The minimum atomic E-state index is -0.411. The number of thioether (sulfide) groups is 1. The molecule has 0 saturated carbocycles. The third-order valence-electron chi connectivity index (χ3n) is 4.14. The molecule has 3 rings (SSSR count). The Bertz CT molecular complexity index is 987. The van der Waals surface area contributed by atoms with Gasteiger partial charge in [0.1, 0.15) is 11.6 Å². The van der Waals surface area contributed by atoms with Gasteiger partial charge in [-0.3, -0.25) is 9.36 Å². The molecule has 0 saturated heterocycles. The fourth-order valence-corrected chi connectivity index (χ4v) is 3.47. The number of aromatic nitrogens is 3. The fourth-order valence-electron chi connectivity index (χ4n) is 2.61. The van der Waals surface area contributed by atoms with Crippen molar-refractivity contribution in [1.82, 2.24) is 14.8 Å². The predicted molar refractivity (Wildman–Crippen MR) is 113 cm³/mol. The van der Waals surface area contributed by atoms with E-state index >= 15 is 0 Å². The minimum absolute atomic E-state index is 0.156. The van der Waals surface area contributed by atoms with E-state index in [-0.39, 0.29) is 11.7 Å². The molecule has 150 valence electrons. The Kier molecular flexibility index (Phi) is 6.66. The van der Waals surface area contributed by atoms with E-state index in [0.29, 0.717) is 23.2 Å². The molecular weight excluding hydrogens is 391 g/mol. The Hall–Kier alpha value is -3.13. The third-order valence-corrected chi connectivity index (χ3v) is 5.22. The number of hydrogen-bond donors (Lipinski definition) is 1. The minimum Gasteiger partial charge on any atom is -0.497 e. The molecule has 2 aromatic carbocycles. The van der Waals surface area contributed by atoms with Gasteiger partial charge in [0.15, 0.2) is 11.0 Å². The molecule has 0 aliphatic heterocycles. The van der Waals surface area contributed by atoms with Crippen molar-refractivity contribution in [3.63, 3.8) is 0 Å². The number of rotatable bonds is 8. The zero-order valence-electron chi connectivity index (χ0n) is 16.1. The van der Waals surface area contributed by atoms with E-state index in [2.05, 4.69) is 22.1 Å². The Labute approximate surface area is 172 Å². The van der Waals surface area contributed by atoms with E-state index in [1.807, 2.05) is 4.57 Å². The largest absolute Gasteiger partial charge is 0.497 e. The van der Waals surface area contributed by atoms with E-state index in [0.717, 1.165) is 11.3 Å². The summed E-state index contributed by atoms with van der Waals surface area (Å²) in [6.45, 7) is 6.04. The molecule has 1 aromatic heterocycles. The van der Waals surface area contributed by atoms with Crippen LogP contribution in [0.2, 0.25) is 0 Å². The van der Waals surface area contributed by atoms with Crippen LogP contribution in [0.1, 0.15) is 6.92 Å². The molecule has 29 heavy (non-hydrogen) atoms. The highest BCUT2D eigenvalue weighted by Crippen LogP contribution is 2.28. The van der Waals surface area contributed by atoms with E-state index in [9.17, 15) is 9.18 Å². The number of benzene rings is 2. The number of anilines is 1. The molecule has 1 amide bonds. The number of amides is 1. The summed E-state index contributed by atoms with van der Waals surface area (Å²) in [5.41, 5.74) is 1.42. The second-order valence-electron chi connectivity index (χ2n) is 6.19. The van der Waals surface area contributed by atoms with Crippen molar-refractivity contribution in [2.75, 3.05) is 12.4 Å². The van der Waals surface area contributed by atoms with Gasteiger partial charge in [0, 0.05) is 17.8 Å². The van der Waals surface area contributed by atoms with Crippen LogP contribution in [-0.4, -0.2) is 33.0 Å². The van der Waals surface area contributed by atoms with Crippen molar-refractivity contribution < 1.29 is 13.9 Å². The van der Waals surface area contributed by atoms with Crippen LogP contribution in [-0.2, 0) is 11.3 Å². The first-order valence-corrected chi connectivity index (χ1v) is 9.81. The average Bonchev–Trinajstić information content (AvgIpc) is 3.11. The van der Waals surface area contributed by atoms with Gasteiger partial charge in [-0.15, -0.1) is 16.8 Å². The van der Waals surface area contributed by atoms with Crippen LogP contribution >= 0.6 is 11.8 Å². The molecule has 0 fully saturated rings. The highest BCUT2D eigenvalue weighted by atomic mass is 32.2.